The van der Waals surface area contributed by atoms with Crippen LogP contribution >= 0.6 is 0 Å². The number of hydrogen-bond donors (Lipinski definition) is 1. The Morgan fingerprint density at radius 2 is 1.91 bits per heavy atom. The minimum atomic E-state index is -0.0286. The van der Waals surface area contributed by atoms with Gasteiger partial charge in [-0.15, -0.1) is 0 Å². The first kappa shape index (κ1) is 22.3. The van der Waals surface area contributed by atoms with E-state index in [-0.39, 0.29) is 23.7 Å². The second kappa shape index (κ2) is 9.29. The number of rotatable bonds is 9. The highest BCUT2D eigenvalue weighted by molar-refractivity contribution is 5.96. The zero-order chi connectivity index (χ0) is 22.7. The summed E-state index contributed by atoms with van der Waals surface area (Å²) in [6.45, 7) is 6.36. The summed E-state index contributed by atoms with van der Waals surface area (Å²) in [4.78, 5) is 26.6. The molecular weight excluding hydrogens is 398 g/mol. The number of aryl methyl sites for hydroxylation is 1. The van der Waals surface area contributed by atoms with Crippen molar-refractivity contribution in [1.29, 1.82) is 0 Å². The molecule has 0 aliphatic heterocycles. The van der Waals surface area contributed by atoms with Crippen LogP contribution in [0.5, 0.6) is 0 Å². The molecule has 1 saturated carbocycles. The van der Waals surface area contributed by atoms with Crippen molar-refractivity contribution in [2.24, 2.45) is 0 Å². The monoisotopic (exact) mass is 429 g/mol. The lowest BCUT2D eigenvalue weighted by Gasteiger charge is -2.22. The second-order valence-corrected chi connectivity index (χ2v) is 8.90. The van der Waals surface area contributed by atoms with Crippen molar-refractivity contribution in [1.82, 2.24) is 15.0 Å². The van der Waals surface area contributed by atoms with Gasteiger partial charge in [0.05, 0.1) is 5.69 Å². The summed E-state index contributed by atoms with van der Waals surface area (Å²) in [6, 6.07) is 12.0. The molecular formula is C27H31N3O2. The van der Waals surface area contributed by atoms with Crippen LogP contribution < -0.4 is 0 Å². The van der Waals surface area contributed by atoms with E-state index in [1.165, 1.54) is 18.4 Å². The van der Waals surface area contributed by atoms with Crippen molar-refractivity contribution in [2.45, 2.75) is 64.2 Å². The van der Waals surface area contributed by atoms with Gasteiger partial charge in [0, 0.05) is 48.2 Å². The van der Waals surface area contributed by atoms with Gasteiger partial charge in [0.15, 0.2) is 5.78 Å². The molecule has 1 N–H and O–H groups in total. The number of aliphatic hydroxyl groups is 1. The molecule has 3 aromatic rings. The SMILES string of the molecule is CCC1(c2ccc(C(=O)CCCO)cc2C(C)c2ncc(-c3cccc(C)n3)cn2)CC1. The lowest BCUT2D eigenvalue weighted by molar-refractivity contribution is 0.0971. The number of carbonyl (C=O) groups excluding carboxylic acids is 1. The Kier molecular flexibility index (Phi) is 6.47. The summed E-state index contributed by atoms with van der Waals surface area (Å²) in [5.74, 6) is 0.788. The largest absolute Gasteiger partial charge is 0.396 e. The molecule has 1 aromatic carbocycles. The molecule has 5 heteroatoms. The third-order valence-electron chi connectivity index (χ3n) is 6.75. The van der Waals surface area contributed by atoms with E-state index >= 15 is 0 Å². The van der Waals surface area contributed by atoms with Gasteiger partial charge in [-0.2, -0.15) is 0 Å². The van der Waals surface area contributed by atoms with Crippen molar-refractivity contribution in [3.8, 4) is 11.3 Å². The molecule has 166 valence electrons. The zero-order valence-electron chi connectivity index (χ0n) is 19.1. The number of carbonyl (C=O) groups is 1. The maximum absolute atomic E-state index is 12.6. The van der Waals surface area contributed by atoms with Gasteiger partial charge >= 0.3 is 0 Å². The fraction of sp³-hybridized carbons (Fsp3) is 0.407. The van der Waals surface area contributed by atoms with Crippen LogP contribution in [0.1, 0.15) is 84.9 Å². The highest BCUT2D eigenvalue weighted by Gasteiger charge is 2.44. The lowest BCUT2D eigenvalue weighted by atomic mass is 9.82. The number of nitrogens with zero attached hydrogens (tertiary/aromatic N) is 3. The summed E-state index contributed by atoms with van der Waals surface area (Å²) in [5, 5.41) is 9.09. The molecule has 0 bridgehead atoms. The topological polar surface area (TPSA) is 76.0 Å². The molecule has 0 amide bonds. The van der Waals surface area contributed by atoms with Crippen molar-refractivity contribution >= 4 is 5.78 Å². The Morgan fingerprint density at radius 1 is 1.16 bits per heavy atom. The number of aliphatic hydroxyl groups excluding tert-OH is 1. The summed E-state index contributed by atoms with van der Waals surface area (Å²) >= 11 is 0. The molecule has 1 fully saturated rings. The van der Waals surface area contributed by atoms with Crippen molar-refractivity contribution in [3.63, 3.8) is 0 Å². The molecule has 1 atom stereocenters. The van der Waals surface area contributed by atoms with Crippen molar-refractivity contribution in [2.75, 3.05) is 6.61 Å². The predicted octanol–water partition coefficient (Wildman–Crippen LogP) is 5.40. The van der Waals surface area contributed by atoms with Gasteiger partial charge in [0.2, 0.25) is 0 Å². The molecule has 1 aliphatic rings. The smallest absolute Gasteiger partial charge is 0.162 e. The van der Waals surface area contributed by atoms with E-state index in [0.717, 1.165) is 34.8 Å². The summed E-state index contributed by atoms with van der Waals surface area (Å²) in [7, 11) is 0. The first-order valence-corrected chi connectivity index (χ1v) is 11.5. The quantitative estimate of drug-likeness (QED) is 0.461. The molecule has 0 saturated heterocycles. The standard InChI is InChI=1S/C27H31N3O2/c1-4-27(12-13-27)23-11-10-20(25(32)9-6-14-31)15-22(23)19(3)26-28-16-21(17-29-26)24-8-5-7-18(2)30-24/h5,7-8,10-11,15-17,19,31H,4,6,9,12-14H2,1-3H3. The Balaban J connectivity index is 1.68. The van der Waals surface area contributed by atoms with Crippen molar-refractivity contribution in [3.05, 3.63) is 77.0 Å². The highest BCUT2D eigenvalue weighted by Crippen LogP contribution is 2.53. The van der Waals surface area contributed by atoms with Gasteiger partial charge in [0.1, 0.15) is 5.82 Å². The number of ketones is 1. The normalized spacial score (nSPS) is 15.4. The zero-order valence-corrected chi connectivity index (χ0v) is 19.1. The van der Waals surface area contributed by atoms with Gasteiger partial charge in [0.25, 0.3) is 0 Å². The fourth-order valence-electron chi connectivity index (χ4n) is 4.46. The number of benzene rings is 1. The van der Waals surface area contributed by atoms with E-state index in [2.05, 4.69) is 34.9 Å². The van der Waals surface area contributed by atoms with Crippen molar-refractivity contribution < 1.29 is 9.90 Å². The third-order valence-corrected chi connectivity index (χ3v) is 6.75. The van der Waals surface area contributed by atoms with Gasteiger partial charge in [-0.05, 0) is 67.3 Å². The Labute approximate surface area is 190 Å². The highest BCUT2D eigenvalue weighted by atomic mass is 16.3. The minimum Gasteiger partial charge on any atom is -0.396 e. The van der Waals surface area contributed by atoms with Gasteiger partial charge in [-0.25, -0.2) is 9.97 Å². The fourth-order valence-corrected chi connectivity index (χ4v) is 4.46. The van der Waals surface area contributed by atoms with E-state index < -0.39 is 0 Å². The van der Waals surface area contributed by atoms with E-state index in [9.17, 15) is 4.79 Å². The predicted molar refractivity (Wildman–Crippen MR) is 126 cm³/mol. The second-order valence-electron chi connectivity index (χ2n) is 8.90. The molecule has 0 radical (unpaired) electrons. The molecule has 2 heterocycles. The minimum absolute atomic E-state index is 0.0286. The first-order valence-electron chi connectivity index (χ1n) is 11.5. The number of aromatic nitrogens is 3. The first-order chi connectivity index (χ1) is 15.5. The molecule has 4 rings (SSSR count). The van der Waals surface area contributed by atoms with E-state index in [1.807, 2.05) is 49.6 Å². The summed E-state index contributed by atoms with van der Waals surface area (Å²) in [6.07, 6.45) is 7.97. The summed E-state index contributed by atoms with van der Waals surface area (Å²) < 4.78 is 0. The average Bonchev–Trinajstić information content (AvgIpc) is 3.63. The maximum Gasteiger partial charge on any atom is 0.162 e. The Bertz CT molecular complexity index is 1100. The van der Waals surface area contributed by atoms with Gasteiger partial charge < -0.3 is 5.11 Å². The number of Topliss-reactive ketones (excluding diaryl/α,β-unsaturated/α-hetero) is 1. The van der Waals surface area contributed by atoms with Crippen LogP contribution in [0.2, 0.25) is 0 Å². The van der Waals surface area contributed by atoms with Crippen LogP contribution in [0.25, 0.3) is 11.3 Å². The van der Waals surface area contributed by atoms with E-state index in [1.54, 1.807) is 0 Å². The van der Waals surface area contributed by atoms with Crippen LogP contribution in [0.4, 0.5) is 0 Å². The molecule has 32 heavy (non-hydrogen) atoms. The van der Waals surface area contributed by atoms with E-state index in [0.29, 0.717) is 18.4 Å². The molecule has 1 unspecified atom stereocenters. The maximum atomic E-state index is 12.6. The molecule has 5 nitrogen and oxygen atoms in total. The average molecular weight is 430 g/mol. The van der Waals surface area contributed by atoms with Crippen LogP contribution in [0.3, 0.4) is 0 Å². The van der Waals surface area contributed by atoms with Crippen LogP contribution in [-0.4, -0.2) is 32.4 Å². The van der Waals surface area contributed by atoms with Gasteiger partial charge in [-0.1, -0.05) is 32.0 Å². The molecule has 0 spiro atoms. The Hall–Kier alpha value is -2.92. The van der Waals surface area contributed by atoms with Crippen LogP contribution in [-0.2, 0) is 5.41 Å². The van der Waals surface area contributed by atoms with Crippen LogP contribution in [0.15, 0.2) is 48.8 Å². The van der Waals surface area contributed by atoms with Crippen LogP contribution in [0, 0.1) is 6.92 Å². The Morgan fingerprint density at radius 3 is 2.53 bits per heavy atom. The van der Waals surface area contributed by atoms with E-state index in [4.69, 9.17) is 5.11 Å². The summed E-state index contributed by atoms with van der Waals surface area (Å²) in [5.41, 5.74) is 6.09. The lowest BCUT2D eigenvalue weighted by Crippen LogP contribution is -2.14. The number of pyridine rings is 1. The molecule has 2 aromatic heterocycles. The third kappa shape index (κ3) is 4.49. The van der Waals surface area contributed by atoms with Gasteiger partial charge in [-0.3, -0.25) is 9.78 Å². The molecule has 1 aliphatic carbocycles. The number of hydrogen-bond acceptors (Lipinski definition) is 5.